The zero-order chi connectivity index (χ0) is 18.3. The van der Waals surface area contributed by atoms with Gasteiger partial charge < -0.3 is 15.1 Å². The number of rotatable bonds is 2. The van der Waals surface area contributed by atoms with Crippen molar-refractivity contribution in [2.45, 2.75) is 19.3 Å². The third-order valence-corrected chi connectivity index (χ3v) is 6.14. The van der Waals surface area contributed by atoms with Crippen LogP contribution in [0.15, 0.2) is 18.2 Å². The smallest absolute Gasteiger partial charge is 0.259 e. The molecule has 0 aromatic heterocycles. The first-order valence-electron chi connectivity index (χ1n) is 9.25. The molecule has 26 heavy (non-hydrogen) atoms. The van der Waals surface area contributed by atoms with Crippen LogP contribution in [0.25, 0.3) is 0 Å². The lowest BCUT2D eigenvalue weighted by Gasteiger charge is -2.35. The van der Waals surface area contributed by atoms with E-state index in [1.165, 1.54) is 11.0 Å². The molecule has 3 aliphatic rings. The Morgan fingerprint density at radius 1 is 1.00 bits per heavy atom. The van der Waals surface area contributed by atoms with E-state index in [-0.39, 0.29) is 17.2 Å². The van der Waals surface area contributed by atoms with Gasteiger partial charge in [0.2, 0.25) is 5.91 Å². The summed E-state index contributed by atoms with van der Waals surface area (Å²) in [5, 5.41) is 3.33. The third-order valence-electron chi connectivity index (χ3n) is 6.14. The van der Waals surface area contributed by atoms with Gasteiger partial charge in [-0.15, -0.1) is 0 Å². The maximum Gasteiger partial charge on any atom is 0.259 e. The Balaban J connectivity index is 1.36. The molecule has 1 saturated carbocycles. The van der Waals surface area contributed by atoms with E-state index < -0.39 is 23.1 Å². The van der Waals surface area contributed by atoms with Gasteiger partial charge in [-0.05, 0) is 49.9 Å². The van der Waals surface area contributed by atoms with Crippen molar-refractivity contribution in [2.75, 3.05) is 39.3 Å². The van der Waals surface area contributed by atoms with Crippen LogP contribution in [0.1, 0.15) is 29.6 Å². The van der Waals surface area contributed by atoms with Gasteiger partial charge in [-0.1, -0.05) is 6.07 Å². The van der Waals surface area contributed by atoms with E-state index in [1.54, 1.807) is 0 Å². The summed E-state index contributed by atoms with van der Waals surface area (Å²) in [4.78, 5) is 28.4. The van der Waals surface area contributed by atoms with Crippen LogP contribution in [0.4, 0.5) is 8.78 Å². The molecule has 1 spiro atoms. The lowest BCUT2D eigenvalue weighted by Crippen LogP contribution is -2.51. The molecule has 1 aliphatic carbocycles. The highest BCUT2D eigenvalue weighted by molar-refractivity contribution is 5.95. The lowest BCUT2D eigenvalue weighted by atomic mass is 9.91. The molecule has 1 N–H and O–H groups in total. The summed E-state index contributed by atoms with van der Waals surface area (Å²) in [6.45, 7) is 3.40. The number of nitrogens with zero attached hydrogens (tertiary/aromatic N) is 2. The molecule has 1 aromatic rings. The maximum atomic E-state index is 13.8. The van der Waals surface area contributed by atoms with Gasteiger partial charge in [-0.2, -0.15) is 0 Å². The van der Waals surface area contributed by atoms with E-state index in [1.807, 2.05) is 4.90 Å². The summed E-state index contributed by atoms with van der Waals surface area (Å²) in [6, 6.07) is 3.41. The summed E-state index contributed by atoms with van der Waals surface area (Å²) >= 11 is 0. The van der Waals surface area contributed by atoms with Crippen molar-refractivity contribution < 1.29 is 18.4 Å². The average Bonchev–Trinajstić information content (AvgIpc) is 3.34. The van der Waals surface area contributed by atoms with Crippen molar-refractivity contribution in [3.63, 3.8) is 0 Å². The maximum absolute atomic E-state index is 13.8. The van der Waals surface area contributed by atoms with Crippen molar-refractivity contribution in [3.05, 3.63) is 35.4 Å². The molecule has 2 aliphatic heterocycles. The molecule has 2 amide bonds. The molecule has 0 bridgehead atoms. The summed E-state index contributed by atoms with van der Waals surface area (Å²) in [7, 11) is 0. The van der Waals surface area contributed by atoms with Crippen LogP contribution in [0.5, 0.6) is 0 Å². The molecule has 7 heteroatoms. The number of hydrogen-bond acceptors (Lipinski definition) is 3. The summed E-state index contributed by atoms with van der Waals surface area (Å²) in [5.74, 6) is -2.06. The number of nitrogens with one attached hydrogen (secondary N) is 1. The van der Waals surface area contributed by atoms with E-state index in [4.69, 9.17) is 0 Å². The predicted octanol–water partition coefficient (Wildman–Crippen LogP) is 1.64. The molecule has 5 nitrogen and oxygen atoms in total. The van der Waals surface area contributed by atoms with Crippen molar-refractivity contribution in [2.24, 2.45) is 11.3 Å². The van der Waals surface area contributed by atoms with Crippen molar-refractivity contribution >= 4 is 11.8 Å². The highest BCUT2D eigenvalue weighted by Gasteiger charge is 2.58. The Bertz CT molecular complexity index is 705. The highest BCUT2D eigenvalue weighted by Crippen LogP contribution is 2.59. The van der Waals surface area contributed by atoms with Crippen LogP contribution >= 0.6 is 0 Å². The van der Waals surface area contributed by atoms with Crippen LogP contribution in [0.2, 0.25) is 0 Å². The lowest BCUT2D eigenvalue weighted by molar-refractivity contribution is -0.135. The van der Waals surface area contributed by atoms with Crippen molar-refractivity contribution in [1.82, 2.24) is 15.1 Å². The largest absolute Gasteiger partial charge is 0.339 e. The summed E-state index contributed by atoms with van der Waals surface area (Å²) < 4.78 is 27.6. The second-order valence-electron chi connectivity index (χ2n) is 7.58. The topological polar surface area (TPSA) is 52.7 Å². The number of piperidine rings is 1. The normalized spacial score (nSPS) is 24.6. The SMILES string of the molecule is O=C(c1c(F)cccc1F)N1CCN(C(=O)C2CC23CCNCC3)CC1. The van der Waals surface area contributed by atoms with Crippen LogP contribution < -0.4 is 5.32 Å². The molecule has 1 atom stereocenters. The van der Waals surface area contributed by atoms with Crippen LogP contribution in [0.3, 0.4) is 0 Å². The Labute approximate surface area is 151 Å². The Morgan fingerprint density at radius 3 is 2.19 bits per heavy atom. The molecular weight excluding hydrogens is 340 g/mol. The van der Waals surface area contributed by atoms with Crippen molar-refractivity contribution in [1.29, 1.82) is 0 Å². The molecule has 3 fully saturated rings. The fourth-order valence-corrected chi connectivity index (χ4v) is 4.38. The first-order chi connectivity index (χ1) is 12.5. The van der Waals surface area contributed by atoms with Gasteiger partial charge in [0.15, 0.2) is 0 Å². The zero-order valence-electron chi connectivity index (χ0n) is 14.6. The van der Waals surface area contributed by atoms with Crippen LogP contribution in [0, 0.1) is 23.0 Å². The predicted molar refractivity (Wildman–Crippen MR) is 91.5 cm³/mol. The molecule has 1 unspecified atom stereocenters. The van der Waals surface area contributed by atoms with E-state index in [9.17, 15) is 18.4 Å². The highest BCUT2D eigenvalue weighted by atomic mass is 19.1. The summed E-state index contributed by atoms with van der Waals surface area (Å²) in [6.07, 6.45) is 3.07. The summed E-state index contributed by atoms with van der Waals surface area (Å²) in [5.41, 5.74) is -0.325. The number of hydrogen-bond donors (Lipinski definition) is 1. The molecule has 2 heterocycles. The number of amides is 2. The quantitative estimate of drug-likeness (QED) is 0.869. The van der Waals surface area contributed by atoms with Gasteiger partial charge in [0, 0.05) is 32.1 Å². The molecule has 2 saturated heterocycles. The van der Waals surface area contributed by atoms with Gasteiger partial charge in [-0.25, -0.2) is 8.78 Å². The fourth-order valence-electron chi connectivity index (χ4n) is 4.38. The van der Waals surface area contributed by atoms with Crippen molar-refractivity contribution in [3.8, 4) is 0 Å². The zero-order valence-corrected chi connectivity index (χ0v) is 14.6. The van der Waals surface area contributed by atoms with E-state index in [0.29, 0.717) is 26.2 Å². The minimum Gasteiger partial charge on any atom is -0.339 e. The van der Waals surface area contributed by atoms with Crippen LogP contribution in [-0.2, 0) is 4.79 Å². The minimum atomic E-state index is -0.848. The van der Waals surface area contributed by atoms with E-state index >= 15 is 0 Å². The first kappa shape index (κ1) is 17.4. The van der Waals surface area contributed by atoms with E-state index in [2.05, 4.69) is 5.32 Å². The number of carbonyl (C=O) groups is 2. The second-order valence-corrected chi connectivity index (χ2v) is 7.58. The van der Waals surface area contributed by atoms with Gasteiger partial charge in [-0.3, -0.25) is 9.59 Å². The first-order valence-corrected chi connectivity index (χ1v) is 9.25. The third kappa shape index (κ3) is 2.98. The average molecular weight is 363 g/mol. The van der Waals surface area contributed by atoms with Gasteiger partial charge in [0.05, 0.1) is 0 Å². The van der Waals surface area contributed by atoms with Gasteiger partial charge in [0.25, 0.3) is 5.91 Å². The molecule has 4 rings (SSSR count). The Morgan fingerprint density at radius 2 is 1.58 bits per heavy atom. The monoisotopic (exact) mass is 363 g/mol. The van der Waals surface area contributed by atoms with Crippen LogP contribution in [-0.4, -0.2) is 60.9 Å². The minimum absolute atomic E-state index is 0.107. The molecule has 0 radical (unpaired) electrons. The molecule has 1 aromatic carbocycles. The van der Waals surface area contributed by atoms with Gasteiger partial charge >= 0.3 is 0 Å². The Hall–Kier alpha value is -2.02. The standard InChI is InChI=1S/C19H23F2N3O2/c20-14-2-1-3-15(21)16(14)18(26)24-10-8-23(9-11-24)17(25)13-12-19(13)4-6-22-7-5-19/h1-3,13,22H,4-12H2. The fraction of sp³-hybridized carbons (Fsp3) is 0.579. The number of halogens is 2. The van der Waals surface area contributed by atoms with E-state index in [0.717, 1.165) is 44.5 Å². The Kier molecular flexibility index (Phi) is 4.42. The number of carbonyl (C=O) groups excluding carboxylic acids is 2. The molecule has 140 valence electrons. The number of benzene rings is 1. The van der Waals surface area contributed by atoms with Gasteiger partial charge in [0.1, 0.15) is 17.2 Å². The second kappa shape index (κ2) is 6.61. The molecular formula is C19H23F2N3O2. The number of piperazine rings is 1.